The monoisotopic (exact) mass is 450 g/mol. The van der Waals surface area contributed by atoms with Crippen LogP contribution in [0.1, 0.15) is 22.1 Å². The van der Waals surface area contributed by atoms with Gasteiger partial charge in [-0.1, -0.05) is 6.07 Å². The van der Waals surface area contributed by atoms with Crippen LogP contribution in [0.15, 0.2) is 41.3 Å². The highest BCUT2D eigenvalue weighted by Gasteiger charge is 2.19. The number of benzene rings is 2. The molecule has 0 aliphatic carbocycles. The molecule has 0 bridgehead atoms. The van der Waals surface area contributed by atoms with Crippen molar-refractivity contribution in [1.29, 1.82) is 0 Å². The van der Waals surface area contributed by atoms with Crippen LogP contribution in [-0.4, -0.2) is 45.4 Å². The summed E-state index contributed by atoms with van der Waals surface area (Å²) in [6.45, 7) is 5.39. The van der Waals surface area contributed by atoms with Crippen molar-refractivity contribution in [3.63, 3.8) is 0 Å². The van der Waals surface area contributed by atoms with E-state index in [0.29, 0.717) is 18.7 Å². The van der Waals surface area contributed by atoms with Gasteiger partial charge in [0, 0.05) is 22.7 Å². The van der Waals surface area contributed by atoms with Gasteiger partial charge in [0.05, 0.1) is 6.10 Å². The van der Waals surface area contributed by atoms with E-state index in [9.17, 15) is 18.6 Å². The molecule has 9 heteroatoms. The van der Waals surface area contributed by atoms with Crippen LogP contribution in [0, 0.1) is 13.8 Å². The summed E-state index contributed by atoms with van der Waals surface area (Å²) in [5, 5.41) is 24.5. The zero-order chi connectivity index (χ0) is 21.9. The molecule has 0 aliphatic rings. The molecule has 3 rings (SSSR count). The predicted octanol–water partition coefficient (Wildman–Crippen LogP) is 2.83. The fraction of sp³-hybridized carbons (Fsp3) is 0.333. The first-order chi connectivity index (χ1) is 14.2. The van der Waals surface area contributed by atoms with Crippen molar-refractivity contribution in [1.82, 2.24) is 10.0 Å². The van der Waals surface area contributed by atoms with Crippen molar-refractivity contribution in [2.75, 3.05) is 26.7 Å². The van der Waals surface area contributed by atoms with Crippen molar-refractivity contribution in [3.8, 4) is 11.5 Å². The molecule has 0 radical (unpaired) electrons. The summed E-state index contributed by atoms with van der Waals surface area (Å²) < 4.78 is 33.0. The van der Waals surface area contributed by atoms with E-state index in [2.05, 4.69) is 30.0 Å². The zero-order valence-corrected chi connectivity index (χ0v) is 18.7. The van der Waals surface area contributed by atoms with Crippen molar-refractivity contribution in [2.45, 2.75) is 24.8 Å². The Balaban J connectivity index is 1.51. The van der Waals surface area contributed by atoms with Crippen molar-refractivity contribution in [3.05, 3.63) is 52.4 Å². The molecule has 1 heterocycles. The third kappa shape index (κ3) is 4.93. The summed E-state index contributed by atoms with van der Waals surface area (Å²) in [4.78, 5) is 1.04. The van der Waals surface area contributed by atoms with Gasteiger partial charge in [-0.05, 0) is 67.7 Å². The van der Waals surface area contributed by atoms with Crippen LogP contribution in [0.3, 0.4) is 0 Å². The topological polar surface area (TPSA) is 108 Å². The Hall–Kier alpha value is -2.17. The lowest BCUT2D eigenvalue weighted by Crippen LogP contribution is -2.26. The number of fused-ring (bicyclic) bond motifs is 1. The van der Waals surface area contributed by atoms with Crippen LogP contribution in [0.25, 0.3) is 10.1 Å². The van der Waals surface area contributed by atoms with Crippen LogP contribution in [0.4, 0.5) is 0 Å². The smallest absolute Gasteiger partial charge is 0.243 e. The number of phenolic OH excluding ortho intramolecular Hbond substituents is 1. The maximum absolute atomic E-state index is 11.9. The van der Waals surface area contributed by atoms with Gasteiger partial charge >= 0.3 is 0 Å². The Morgan fingerprint density at radius 1 is 1.17 bits per heavy atom. The molecule has 162 valence electrons. The lowest BCUT2D eigenvalue weighted by molar-refractivity contribution is 0.171. The highest BCUT2D eigenvalue weighted by Crippen LogP contribution is 2.32. The second kappa shape index (κ2) is 9.32. The van der Waals surface area contributed by atoms with Gasteiger partial charge in [-0.3, -0.25) is 0 Å². The van der Waals surface area contributed by atoms with Crippen molar-refractivity contribution in [2.24, 2.45) is 0 Å². The van der Waals surface area contributed by atoms with Crippen LogP contribution in [0.5, 0.6) is 11.5 Å². The van der Waals surface area contributed by atoms with Crippen LogP contribution >= 0.6 is 11.3 Å². The molecular formula is C21H26N2O5S2. The van der Waals surface area contributed by atoms with Gasteiger partial charge in [-0.15, -0.1) is 11.3 Å². The number of aromatic hydroxyl groups is 1. The van der Waals surface area contributed by atoms with Gasteiger partial charge in [0.25, 0.3) is 0 Å². The van der Waals surface area contributed by atoms with Crippen molar-refractivity contribution < 1.29 is 23.4 Å². The van der Waals surface area contributed by atoms with Crippen molar-refractivity contribution >= 4 is 31.4 Å². The molecule has 30 heavy (non-hydrogen) atoms. The number of phenols is 1. The number of sulfonamides is 1. The second-order valence-electron chi connectivity index (χ2n) is 6.94. The molecule has 0 saturated carbocycles. The number of ether oxygens (including phenoxy) is 1. The summed E-state index contributed by atoms with van der Waals surface area (Å²) in [6, 6.07) is 10.1. The van der Waals surface area contributed by atoms with Gasteiger partial charge in [0.2, 0.25) is 10.0 Å². The quantitative estimate of drug-likeness (QED) is 0.374. The summed E-state index contributed by atoms with van der Waals surface area (Å²) in [6.07, 6.45) is -0.926. The maximum atomic E-state index is 11.9. The van der Waals surface area contributed by atoms with E-state index in [1.807, 2.05) is 12.1 Å². The third-order valence-corrected chi connectivity index (χ3v) is 7.57. The Labute approximate surface area is 180 Å². The minimum atomic E-state index is -3.81. The molecule has 4 N–H and O–H groups in total. The SMILES string of the molecule is CNS(=O)(=O)c1cc(C(O)CNCCOc2ccc3c(C)c(C)sc3c2)ccc1O. The largest absolute Gasteiger partial charge is 0.507 e. The molecule has 1 aromatic heterocycles. The van der Waals surface area contributed by atoms with E-state index in [4.69, 9.17) is 4.74 Å². The lowest BCUT2D eigenvalue weighted by atomic mass is 10.1. The van der Waals surface area contributed by atoms with E-state index in [-0.39, 0.29) is 17.2 Å². The number of aliphatic hydroxyl groups excluding tert-OH is 1. The number of hydrogen-bond donors (Lipinski definition) is 4. The Bertz CT molecular complexity index is 1140. The van der Waals surface area contributed by atoms with E-state index >= 15 is 0 Å². The molecule has 1 unspecified atom stereocenters. The third-order valence-electron chi connectivity index (χ3n) is 4.96. The first kappa shape index (κ1) is 22.5. The minimum Gasteiger partial charge on any atom is -0.507 e. The number of thiophene rings is 1. The van der Waals surface area contributed by atoms with Crippen LogP contribution < -0.4 is 14.8 Å². The molecule has 0 fully saturated rings. The first-order valence-corrected chi connectivity index (χ1v) is 11.8. The fourth-order valence-electron chi connectivity index (χ4n) is 3.08. The maximum Gasteiger partial charge on any atom is 0.243 e. The molecule has 0 amide bonds. The van der Waals surface area contributed by atoms with Gasteiger partial charge < -0.3 is 20.3 Å². The average Bonchev–Trinajstić information content (AvgIpc) is 3.01. The Morgan fingerprint density at radius 3 is 2.67 bits per heavy atom. The number of hydrogen-bond acceptors (Lipinski definition) is 7. The zero-order valence-electron chi connectivity index (χ0n) is 17.1. The first-order valence-electron chi connectivity index (χ1n) is 9.50. The average molecular weight is 451 g/mol. The summed E-state index contributed by atoms with van der Waals surface area (Å²) >= 11 is 1.75. The molecule has 0 aliphatic heterocycles. The van der Waals surface area contributed by atoms with E-state index in [1.165, 1.54) is 45.8 Å². The number of aryl methyl sites for hydroxylation is 2. The summed E-state index contributed by atoms with van der Waals surface area (Å²) in [5.74, 6) is 0.432. The van der Waals surface area contributed by atoms with E-state index in [0.717, 1.165) is 5.75 Å². The Morgan fingerprint density at radius 2 is 1.93 bits per heavy atom. The van der Waals surface area contributed by atoms with E-state index < -0.39 is 16.1 Å². The number of rotatable bonds is 9. The molecule has 7 nitrogen and oxygen atoms in total. The lowest BCUT2D eigenvalue weighted by Gasteiger charge is -2.14. The molecule has 2 aromatic carbocycles. The van der Waals surface area contributed by atoms with Gasteiger partial charge in [0.1, 0.15) is 23.0 Å². The molecule has 0 spiro atoms. The van der Waals surface area contributed by atoms with Gasteiger partial charge in [-0.25, -0.2) is 13.1 Å². The van der Waals surface area contributed by atoms with Gasteiger partial charge in [0.15, 0.2) is 0 Å². The molecular weight excluding hydrogens is 424 g/mol. The van der Waals surface area contributed by atoms with Gasteiger partial charge in [-0.2, -0.15) is 0 Å². The van der Waals surface area contributed by atoms with Crippen LogP contribution in [0.2, 0.25) is 0 Å². The highest BCUT2D eigenvalue weighted by atomic mass is 32.2. The fourth-order valence-corrected chi connectivity index (χ4v) is 5.03. The summed E-state index contributed by atoms with van der Waals surface area (Å²) in [5.41, 5.74) is 1.70. The Kier molecular flexibility index (Phi) is 6.99. The van der Waals surface area contributed by atoms with Crippen LogP contribution in [-0.2, 0) is 10.0 Å². The molecule has 1 atom stereocenters. The predicted molar refractivity (Wildman–Crippen MR) is 119 cm³/mol. The highest BCUT2D eigenvalue weighted by molar-refractivity contribution is 7.89. The standard InChI is InChI=1S/C21H26N2O5S2/c1-13-14(2)29-20-11-16(5-6-17(13)20)28-9-8-23-12-19(25)15-4-7-18(24)21(10-15)30(26,27)22-3/h4-7,10-11,19,22-25H,8-9,12H2,1-3H3. The molecule has 3 aromatic rings. The minimum absolute atomic E-state index is 0.218. The number of aliphatic hydroxyl groups is 1. The summed E-state index contributed by atoms with van der Waals surface area (Å²) in [7, 11) is -2.55. The normalized spacial score (nSPS) is 12.9. The number of nitrogens with one attached hydrogen (secondary N) is 2. The molecule has 0 saturated heterocycles. The second-order valence-corrected chi connectivity index (χ2v) is 10.1. The van der Waals surface area contributed by atoms with E-state index in [1.54, 1.807) is 11.3 Å².